The van der Waals surface area contributed by atoms with Crippen LogP contribution < -0.4 is 5.73 Å². The van der Waals surface area contributed by atoms with Crippen LogP contribution in [-0.4, -0.2) is 42.4 Å². The Morgan fingerprint density at radius 3 is 2.24 bits per heavy atom. The van der Waals surface area contributed by atoms with E-state index >= 15 is 0 Å². The van der Waals surface area contributed by atoms with Gasteiger partial charge in [0.05, 0.1) is 19.8 Å². The van der Waals surface area contributed by atoms with Crippen molar-refractivity contribution in [3.8, 4) is 0 Å². The minimum absolute atomic E-state index is 0.249. The largest absolute Gasteiger partial charge is 0.457 e. The van der Waals surface area contributed by atoms with Crippen LogP contribution in [0.2, 0.25) is 0 Å². The Kier molecular flexibility index (Phi) is 7.23. The molecular formula is C11H22BrNO4. The second-order valence-electron chi connectivity index (χ2n) is 4.76. The van der Waals surface area contributed by atoms with Crippen molar-refractivity contribution in [1.29, 1.82) is 0 Å². The van der Waals surface area contributed by atoms with Gasteiger partial charge in [0.1, 0.15) is 5.60 Å². The van der Waals surface area contributed by atoms with Crippen molar-refractivity contribution < 1.29 is 19.0 Å². The first-order chi connectivity index (χ1) is 7.69. The molecule has 0 aliphatic carbocycles. The summed E-state index contributed by atoms with van der Waals surface area (Å²) in [5.41, 5.74) is 3.71. The molecule has 0 saturated carbocycles. The summed E-state index contributed by atoms with van der Waals surface area (Å²) in [6.45, 7) is 8.04. The summed E-state index contributed by atoms with van der Waals surface area (Å²) in [5, 5.41) is 0.763. The summed E-state index contributed by atoms with van der Waals surface area (Å²) in [5.74, 6) is -0.578. The topological polar surface area (TPSA) is 70.8 Å². The summed E-state index contributed by atoms with van der Waals surface area (Å²) in [4.78, 5) is 11.7. The summed E-state index contributed by atoms with van der Waals surface area (Å²) in [6, 6.07) is 0. The highest BCUT2D eigenvalue weighted by atomic mass is 79.9. The van der Waals surface area contributed by atoms with Crippen molar-refractivity contribution in [2.45, 2.75) is 39.0 Å². The van der Waals surface area contributed by atoms with Gasteiger partial charge in [-0.1, -0.05) is 15.9 Å². The van der Waals surface area contributed by atoms with Crippen LogP contribution in [0, 0.1) is 0 Å². The predicted molar refractivity (Wildman–Crippen MR) is 69.0 cm³/mol. The third-order valence-corrected chi connectivity index (χ3v) is 1.98. The molecule has 0 spiro atoms. The van der Waals surface area contributed by atoms with E-state index in [-0.39, 0.29) is 6.61 Å². The van der Waals surface area contributed by atoms with Crippen molar-refractivity contribution in [1.82, 2.24) is 0 Å². The SMILES string of the molecule is CC(C)(C)OC(=O)C(C)(N)OCCOCCBr. The molecule has 0 amide bonds. The fraction of sp³-hybridized carbons (Fsp3) is 0.909. The molecule has 0 fully saturated rings. The van der Waals surface area contributed by atoms with Crippen LogP contribution in [-0.2, 0) is 19.0 Å². The summed E-state index contributed by atoms with van der Waals surface area (Å²) >= 11 is 3.23. The highest BCUT2D eigenvalue weighted by Crippen LogP contribution is 2.13. The van der Waals surface area contributed by atoms with Crippen molar-refractivity contribution in [3.63, 3.8) is 0 Å². The predicted octanol–water partition coefficient (Wildman–Crippen LogP) is 1.43. The smallest absolute Gasteiger partial charge is 0.353 e. The molecule has 1 unspecified atom stereocenters. The Morgan fingerprint density at radius 1 is 1.18 bits per heavy atom. The molecule has 102 valence electrons. The van der Waals surface area contributed by atoms with Crippen molar-refractivity contribution in [2.75, 3.05) is 25.2 Å². The van der Waals surface area contributed by atoms with Crippen molar-refractivity contribution in [3.05, 3.63) is 0 Å². The molecule has 5 nitrogen and oxygen atoms in total. The fourth-order valence-corrected chi connectivity index (χ4v) is 1.14. The van der Waals surface area contributed by atoms with Crippen LogP contribution in [0.1, 0.15) is 27.7 Å². The summed E-state index contributed by atoms with van der Waals surface area (Å²) in [7, 11) is 0. The average Bonchev–Trinajstić information content (AvgIpc) is 2.14. The fourth-order valence-electron chi connectivity index (χ4n) is 0.908. The molecule has 0 rings (SSSR count). The van der Waals surface area contributed by atoms with E-state index in [0.29, 0.717) is 13.2 Å². The lowest BCUT2D eigenvalue weighted by molar-refractivity contribution is -0.182. The number of halogens is 1. The van der Waals surface area contributed by atoms with Gasteiger partial charge < -0.3 is 14.2 Å². The number of carbonyl (C=O) groups is 1. The van der Waals surface area contributed by atoms with Gasteiger partial charge in [-0.25, -0.2) is 4.79 Å². The van der Waals surface area contributed by atoms with Crippen molar-refractivity contribution >= 4 is 21.9 Å². The van der Waals surface area contributed by atoms with Crippen LogP contribution in [0.25, 0.3) is 0 Å². The van der Waals surface area contributed by atoms with E-state index in [1.807, 2.05) is 0 Å². The molecule has 0 heterocycles. The monoisotopic (exact) mass is 311 g/mol. The van der Waals surface area contributed by atoms with Gasteiger partial charge in [0.25, 0.3) is 0 Å². The Hall–Kier alpha value is -0.170. The van der Waals surface area contributed by atoms with Gasteiger partial charge in [-0.05, 0) is 27.7 Å². The molecule has 0 aromatic carbocycles. The Labute approximate surface area is 111 Å². The number of nitrogens with two attached hydrogens (primary N) is 1. The highest BCUT2D eigenvalue weighted by molar-refractivity contribution is 9.09. The second-order valence-corrected chi connectivity index (χ2v) is 5.55. The first-order valence-electron chi connectivity index (χ1n) is 5.49. The van der Waals surface area contributed by atoms with E-state index in [4.69, 9.17) is 19.9 Å². The van der Waals surface area contributed by atoms with E-state index in [1.54, 1.807) is 20.8 Å². The van der Waals surface area contributed by atoms with E-state index in [1.165, 1.54) is 6.92 Å². The highest BCUT2D eigenvalue weighted by Gasteiger charge is 2.34. The molecule has 2 N–H and O–H groups in total. The maximum atomic E-state index is 11.7. The molecule has 0 aliphatic heterocycles. The maximum absolute atomic E-state index is 11.7. The van der Waals surface area contributed by atoms with Gasteiger partial charge in [-0.3, -0.25) is 5.73 Å². The van der Waals surface area contributed by atoms with Gasteiger partial charge in [0.15, 0.2) is 0 Å². The lowest BCUT2D eigenvalue weighted by Crippen LogP contribution is -2.51. The van der Waals surface area contributed by atoms with E-state index < -0.39 is 17.3 Å². The number of alkyl halides is 1. The standard InChI is InChI=1S/C11H22BrNO4/c1-10(2,3)17-9(14)11(4,13)16-8-7-15-6-5-12/h5-8,13H2,1-4H3. The summed E-state index contributed by atoms with van der Waals surface area (Å²) < 4.78 is 15.6. The Bertz CT molecular complexity index is 238. The first kappa shape index (κ1) is 16.8. The zero-order chi connectivity index (χ0) is 13.5. The zero-order valence-electron chi connectivity index (χ0n) is 10.9. The maximum Gasteiger partial charge on any atom is 0.353 e. The molecule has 0 aromatic rings. The third kappa shape index (κ3) is 8.54. The van der Waals surface area contributed by atoms with Gasteiger partial charge in [0.2, 0.25) is 5.72 Å². The second kappa shape index (κ2) is 7.31. The molecule has 0 radical (unpaired) electrons. The van der Waals surface area contributed by atoms with Crippen LogP contribution in [0.3, 0.4) is 0 Å². The quantitative estimate of drug-likeness (QED) is 0.333. The molecular weight excluding hydrogens is 290 g/mol. The normalized spacial score (nSPS) is 15.4. The third-order valence-electron chi connectivity index (χ3n) is 1.66. The Balaban J connectivity index is 3.97. The van der Waals surface area contributed by atoms with E-state index in [0.717, 1.165) is 5.33 Å². The van der Waals surface area contributed by atoms with Crippen LogP contribution in [0.4, 0.5) is 0 Å². The molecule has 6 heteroatoms. The number of rotatable bonds is 7. The minimum atomic E-state index is -1.44. The number of ether oxygens (including phenoxy) is 3. The van der Waals surface area contributed by atoms with Crippen LogP contribution >= 0.6 is 15.9 Å². The van der Waals surface area contributed by atoms with Crippen LogP contribution in [0.5, 0.6) is 0 Å². The lowest BCUT2D eigenvalue weighted by atomic mass is 10.2. The van der Waals surface area contributed by atoms with Gasteiger partial charge in [0, 0.05) is 5.33 Å². The minimum Gasteiger partial charge on any atom is -0.457 e. The van der Waals surface area contributed by atoms with Crippen LogP contribution in [0.15, 0.2) is 0 Å². The average molecular weight is 312 g/mol. The van der Waals surface area contributed by atoms with Crippen molar-refractivity contribution in [2.24, 2.45) is 5.73 Å². The summed E-state index contributed by atoms with van der Waals surface area (Å²) in [6.07, 6.45) is 0. The lowest BCUT2D eigenvalue weighted by Gasteiger charge is -2.28. The number of hydrogen-bond donors (Lipinski definition) is 1. The number of carbonyl (C=O) groups excluding carboxylic acids is 1. The molecule has 0 saturated heterocycles. The zero-order valence-corrected chi connectivity index (χ0v) is 12.5. The molecule has 1 atom stereocenters. The number of hydrogen-bond acceptors (Lipinski definition) is 5. The molecule has 17 heavy (non-hydrogen) atoms. The van der Waals surface area contributed by atoms with E-state index in [9.17, 15) is 4.79 Å². The van der Waals surface area contributed by atoms with Gasteiger partial charge in [-0.15, -0.1) is 0 Å². The molecule has 0 aliphatic rings. The van der Waals surface area contributed by atoms with E-state index in [2.05, 4.69) is 15.9 Å². The molecule has 0 bridgehead atoms. The molecule has 0 aromatic heterocycles. The van der Waals surface area contributed by atoms with Gasteiger partial charge >= 0.3 is 5.97 Å². The number of esters is 1. The first-order valence-corrected chi connectivity index (χ1v) is 6.61. The van der Waals surface area contributed by atoms with Gasteiger partial charge in [-0.2, -0.15) is 0 Å². The Morgan fingerprint density at radius 2 is 1.76 bits per heavy atom.